The third-order valence-corrected chi connectivity index (χ3v) is 5.94. The predicted molar refractivity (Wildman–Crippen MR) is 60.9 cm³/mol. The zero-order valence-corrected chi connectivity index (χ0v) is 10.1. The van der Waals surface area contributed by atoms with Gasteiger partial charge in [-0.3, -0.25) is 0 Å². The fourth-order valence-corrected chi connectivity index (χ4v) is 4.22. The maximum Gasteiger partial charge on any atom is 0.371 e. The monoisotopic (exact) mass is 210 g/mol. The third-order valence-electron chi connectivity index (χ3n) is 2.39. The van der Waals surface area contributed by atoms with Gasteiger partial charge in [-0.15, -0.1) is 0 Å². The first-order chi connectivity index (χ1) is 6.79. The molecule has 0 aromatic heterocycles. The van der Waals surface area contributed by atoms with Crippen LogP contribution in [0, 0.1) is 0 Å². The number of hydrogen-bond acceptors (Lipinski definition) is 2. The summed E-state index contributed by atoms with van der Waals surface area (Å²) in [6.07, 6.45) is 0. The van der Waals surface area contributed by atoms with E-state index in [4.69, 9.17) is 8.85 Å². The standard InChI is InChI=1S/C11H18O2Si/c1-4-13-14(5-2,12-3)11-9-7-6-8-10-11/h6-10H,4-5H2,1-3H3. The van der Waals surface area contributed by atoms with Gasteiger partial charge in [0.15, 0.2) is 0 Å². The van der Waals surface area contributed by atoms with Crippen LogP contribution < -0.4 is 5.19 Å². The molecule has 0 aliphatic rings. The molecule has 2 nitrogen and oxygen atoms in total. The van der Waals surface area contributed by atoms with Crippen molar-refractivity contribution in [3.8, 4) is 0 Å². The van der Waals surface area contributed by atoms with E-state index in [-0.39, 0.29) is 0 Å². The molecule has 0 amide bonds. The second-order valence-corrected chi connectivity index (χ2v) is 6.60. The molecule has 3 heteroatoms. The molecule has 0 radical (unpaired) electrons. The van der Waals surface area contributed by atoms with Gasteiger partial charge in [-0.05, 0) is 18.2 Å². The lowest BCUT2D eigenvalue weighted by molar-refractivity contribution is 0.223. The van der Waals surface area contributed by atoms with Gasteiger partial charge in [0.25, 0.3) is 0 Å². The van der Waals surface area contributed by atoms with Gasteiger partial charge in [0.1, 0.15) is 0 Å². The largest absolute Gasteiger partial charge is 0.394 e. The molecule has 0 aliphatic heterocycles. The molecule has 0 fully saturated rings. The number of benzene rings is 1. The van der Waals surface area contributed by atoms with E-state index in [9.17, 15) is 0 Å². The van der Waals surface area contributed by atoms with Crippen LogP contribution in [0.1, 0.15) is 13.8 Å². The van der Waals surface area contributed by atoms with Crippen molar-refractivity contribution in [3.05, 3.63) is 30.3 Å². The first-order valence-corrected chi connectivity index (χ1v) is 7.06. The van der Waals surface area contributed by atoms with Crippen LogP contribution >= 0.6 is 0 Å². The molecule has 1 rings (SSSR count). The predicted octanol–water partition coefficient (Wildman–Crippen LogP) is 2.04. The molecule has 1 aromatic rings. The Kier molecular flexibility index (Phi) is 4.32. The molecule has 0 heterocycles. The van der Waals surface area contributed by atoms with E-state index in [2.05, 4.69) is 19.1 Å². The van der Waals surface area contributed by atoms with Crippen LogP contribution in [0.25, 0.3) is 0 Å². The Morgan fingerprint density at radius 3 is 2.21 bits per heavy atom. The molecule has 0 saturated carbocycles. The Balaban J connectivity index is 2.98. The summed E-state index contributed by atoms with van der Waals surface area (Å²) < 4.78 is 11.5. The van der Waals surface area contributed by atoms with Crippen LogP contribution in [0.3, 0.4) is 0 Å². The summed E-state index contributed by atoms with van der Waals surface area (Å²) in [5.74, 6) is 0. The summed E-state index contributed by atoms with van der Waals surface area (Å²) in [4.78, 5) is 0. The average molecular weight is 210 g/mol. The minimum absolute atomic E-state index is 0.711. The summed E-state index contributed by atoms with van der Waals surface area (Å²) in [5, 5.41) is 1.21. The SMILES string of the molecule is CCO[Si](CC)(OC)c1ccccc1. The lowest BCUT2D eigenvalue weighted by atomic mass is 10.4. The van der Waals surface area contributed by atoms with E-state index in [1.54, 1.807) is 7.11 Å². The fraction of sp³-hybridized carbons (Fsp3) is 0.455. The summed E-state index contributed by atoms with van der Waals surface area (Å²) in [5.41, 5.74) is 0. The Bertz CT molecular complexity index is 257. The van der Waals surface area contributed by atoms with Crippen LogP contribution in [0.5, 0.6) is 0 Å². The molecule has 0 N–H and O–H groups in total. The van der Waals surface area contributed by atoms with Gasteiger partial charge >= 0.3 is 8.56 Å². The van der Waals surface area contributed by atoms with Crippen molar-refractivity contribution >= 4 is 13.7 Å². The Hall–Kier alpha value is -0.643. The van der Waals surface area contributed by atoms with Gasteiger partial charge in [-0.1, -0.05) is 37.3 Å². The molecule has 0 aliphatic carbocycles. The van der Waals surface area contributed by atoms with Crippen molar-refractivity contribution in [2.24, 2.45) is 0 Å². The minimum Gasteiger partial charge on any atom is -0.394 e. The molecule has 14 heavy (non-hydrogen) atoms. The average Bonchev–Trinajstić information content (AvgIpc) is 2.27. The second-order valence-electron chi connectivity index (χ2n) is 3.11. The van der Waals surface area contributed by atoms with Crippen molar-refractivity contribution in [3.63, 3.8) is 0 Å². The van der Waals surface area contributed by atoms with E-state index in [1.165, 1.54) is 5.19 Å². The smallest absolute Gasteiger partial charge is 0.371 e. The van der Waals surface area contributed by atoms with Crippen molar-refractivity contribution in [1.82, 2.24) is 0 Å². The zero-order chi connectivity index (χ0) is 10.4. The number of rotatable bonds is 5. The molecule has 0 bridgehead atoms. The highest BCUT2D eigenvalue weighted by Gasteiger charge is 2.36. The summed E-state index contributed by atoms with van der Waals surface area (Å²) >= 11 is 0. The Morgan fingerprint density at radius 1 is 1.14 bits per heavy atom. The van der Waals surface area contributed by atoms with Gasteiger partial charge in [-0.2, -0.15) is 0 Å². The molecule has 78 valence electrons. The van der Waals surface area contributed by atoms with Gasteiger partial charge < -0.3 is 8.85 Å². The van der Waals surface area contributed by atoms with Crippen LogP contribution in [-0.4, -0.2) is 22.3 Å². The van der Waals surface area contributed by atoms with Gasteiger partial charge in [-0.25, -0.2) is 0 Å². The summed E-state index contributed by atoms with van der Waals surface area (Å²) in [6, 6.07) is 11.2. The lowest BCUT2D eigenvalue weighted by Gasteiger charge is -2.27. The van der Waals surface area contributed by atoms with Crippen LogP contribution in [0.4, 0.5) is 0 Å². The van der Waals surface area contributed by atoms with E-state index in [0.717, 1.165) is 6.04 Å². The fourth-order valence-electron chi connectivity index (χ4n) is 1.64. The van der Waals surface area contributed by atoms with Crippen molar-refractivity contribution in [2.75, 3.05) is 13.7 Å². The van der Waals surface area contributed by atoms with Crippen molar-refractivity contribution in [1.29, 1.82) is 0 Å². The maximum absolute atomic E-state index is 5.83. The summed E-state index contributed by atoms with van der Waals surface area (Å²) in [7, 11) is -0.371. The molecule has 0 spiro atoms. The van der Waals surface area contributed by atoms with Crippen LogP contribution in [0.2, 0.25) is 6.04 Å². The minimum atomic E-state index is -2.12. The molecule has 1 aromatic carbocycles. The molecular formula is C11H18O2Si. The first-order valence-electron chi connectivity index (χ1n) is 5.03. The highest BCUT2D eigenvalue weighted by atomic mass is 28.4. The maximum atomic E-state index is 5.83. The van der Waals surface area contributed by atoms with Crippen LogP contribution in [0.15, 0.2) is 30.3 Å². The van der Waals surface area contributed by atoms with Crippen molar-refractivity contribution in [2.45, 2.75) is 19.9 Å². The number of hydrogen-bond donors (Lipinski definition) is 0. The van der Waals surface area contributed by atoms with Gasteiger partial charge in [0.05, 0.1) is 0 Å². The van der Waals surface area contributed by atoms with E-state index in [0.29, 0.717) is 6.61 Å². The van der Waals surface area contributed by atoms with E-state index < -0.39 is 8.56 Å². The van der Waals surface area contributed by atoms with E-state index in [1.807, 2.05) is 25.1 Å². The third kappa shape index (κ3) is 2.23. The molecular weight excluding hydrogens is 192 g/mol. The molecule has 1 atom stereocenters. The second kappa shape index (κ2) is 5.29. The van der Waals surface area contributed by atoms with E-state index >= 15 is 0 Å². The zero-order valence-electron chi connectivity index (χ0n) is 9.12. The summed E-state index contributed by atoms with van der Waals surface area (Å²) in [6.45, 7) is 4.85. The van der Waals surface area contributed by atoms with Crippen LogP contribution in [-0.2, 0) is 8.85 Å². The quantitative estimate of drug-likeness (QED) is 0.692. The van der Waals surface area contributed by atoms with Gasteiger partial charge in [0, 0.05) is 13.7 Å². The Labute approximate surface area is 87.1 Å². The van der Waals surface area contributed by atoms with Gasteiger partial charge in [0.2, 0.25) is 0 Å². The lowest BCUT2D eigenvalue weighted by Crippen LogP contribution is -2.52. The topological polar surface area (TPSA) is 18.5 Å². The highest BCUT2D eigenvalue weighted by molar-refractivity contribution is 6.81. The molecule has 0 saturated heterocycles. The Morgan fingerprint density at radius 2 is 1.79 bits per heavy atom. The molecule has 1 unspecified atom stereocenters. The van der Waals surface area contributed by atoms with Crippen molar-refractivity contribution < 1.29 is 8.85 Å². The highest BCUT2D eigenvalue weighted by Crippen LogP contribution is 2.12. The first kappa shape index (κ1) is 11.4. The normalized spacial score (nSPS) is 15.1.